The second-order valence-corrected chi connectivity index (χ2v) is 11.4. The Bertz CT molecular complexity index is 1700. The van der Waals surface area contributed by atoms with Gasteiger partial charge in [-0.05, 0) is 59.7 Å². The maximum absolute atomic E-state index is 13.7. The first-order chi connectivity index (χ1) is 19.7. The predicted octanol–water partition coefficient (Wildman–Crippen LogP) is 4.30. The average Bonchev–Trinajstić information content (AvgIpc) is 2.96. The summed E-state index contributed by atoms with van der Waals surface area (Å²) < 4.78 is 2.56. The molecule has 0 saturated carbocycles. The molecule has 0 unspecified atom stereocenters. The Kier molecular flexibility index (Phi) is 8.40. The van der Waals surface area contributed by atoms with E-state index in [-0.39, 0.29) is 24.9 Å². The maximum Gasteiger partial charge on any atom is 0.332 e. The van der Waals surface area contributed by atoms with Crippen LogP contribution in [0, 0.1) is 11.8 Å². The van der Waals surface area contributed by atoms with E-state index in [4.69, 9.17) is 11.6 Å². The fourth-order valence-corrected chi connectivity index (χ4v) is 5.83. The second-order valence-electron chi connectivity index (χ2n) is 11.0. The average molecular weight is 573 g/mol. The van der Waals surface area contributed by atoms with Gasteiger partial charge in [0, 0.05) is 30.2 Å². The Morgan fingerprint density at radius 3 is 2.24 bits per heavy atom. The van der Waals surface area contributed by atoms with E-state index in [9.17, 15) is 19.2 Å². The summed E-state index contributed by atoms with van der Waals surface area (Å²) in [5.74, 6) is 0.396. The zero-order valence-corrected chi connectivity index (χ0v) is 23.9. The number of hydrogen-bond donors (Lipinski definition) is 1. The Labute approximate surface area is 243 Å². The van der Waals surface area contributed by atoms with Crippen molar-refractivity contribution in [3.8, 4) is 0 Å². The Morgan fingerprint density at radius 1 is 0.878 bits per heavy atom. The number of benzene rings is 3. The van der Waals surface area contributed by atoms with Crippen LogP contribution in [0.25, 0.3) is 10.9 Å². The molecule has 2 atom stereocenters. The van der Waals surface area contributed by atoms with E-state index in [1.165, 1.54) is 4.57 Å². The highest BCUT2D eigenvalue weighted by Crippen LogP contribution is 2.21. The molecule has 2 heterocycles. The van der Waals surface area contributed by atoms with Crippen LogP contribution < -0.4 is 16.6 Å². The van der Waals surface area contributed by atoms with Crippen molar-refractivity contribution in [1.82, 2.24) is 19.4 Å². The SMILES string of the molecule is C[C@H]1C[C@H](C)CN(C(=O)Cn2c(=O)n(Cc3ccc(C(=O)NCc4ccccc4Cl)cc3)c(=O)c3ccccc32)C1. The summed E-state index contributed by atoms with van der Waals surface area (Å²) >= 11 is 6.18. The summed E-state index contributed by atoms with van der Waals surface area (Å²) in [4.78, 5) is 54.8. The minimum absolute atomic E-state index is 0.00992. The van der Waals surface area contributed by atoms with E-state index < -0.39 is 11.2 Å². The van der Waals surface area contributed by atoms with Crippen LogP contribution in [0.2, 0.25) is 5.02 Å². The summed E-state index contributed by atoms with van der Waals surface area (Å²) in [6.07, 6.45) is 1.07. The number of piperidine rings is 1. The monoisotopic (exact) mass is 572 g/mol. The number of carbonyl (C=O) groups excluding carboxylic acids is 2. The molecule has 0 radical (unpaired) electrons. The molecule has 41 heavy (non-hydrogen) atoms. The number of fused-ring (bicyclic) bond motifs is 1. The molecule has 1 aliphatic heterocycles. The van der Waals surface area contributed by atoms with E-state index in [1.54, 1.807) is 54.6 Å². The molecule has 2 amide bonds. The fraction of sp³-hybridized carbons (Fsp3) is 0.312. The van der Waals surface area contributed by atoms with Crippen molar-refractivity contribution in [2.24, 2.45) is 11.8 Å². The number of rotatable bonds is 7. The van der Waals surface area contributed by atoms with Gasteiger partial charge in [0.2, 0.25) is 5.91 Å². The Balaban J connectivity index is 1.38. The molecule has 1 saturated heterocycles. The molecule has 1 fully saturated rings. The first kappa shape index (κ1) is 28.4. The highest BCUT2D eigenvalue weighted by atomic mass is 35.5. The van der Waals surface area contributed by atoms with Crippen LogP contribution in [0.4, 0.5) is 0 Å². The molecular weight excluding hydrogens is 540 g/mol. The van der Waals surface area contributed by atoms with Gasteiger partial charge in [0.05, 0.1) is 17.4 Å². The molecule has 5 rings (SSSR count). The number of nitrogens with zero attached hydrogens (tertiary/aromatic N) is 3. The lowest BCUT2D eigenvalue weighted by molar-refractivity contribution is -0.134. The van der Waals surface area contributed by atoms with Crippen molar-refractivity contribution in [2.75, 3.05) is 13.1 Å². The summed E-state index contributed by atoms with van der Waals surface area (Å²) in [6, 6.07) is 20.9. The lowest BCUT2D eigenvalue weighted by atomic mass is 9.92. The molecule has 8 nitrogen and oxygen atoms in total. The smallest absolute Gasteiger partial charge is 0.332 e. The van der Waals surface area contributed by atoms with Crippen molar-refractivity contribution >= 4 is 34.3 Å². The Hall–Kier alpha value is -4.17. The van der Waals surface area contributed by atoms with Crippen LogP contribution in [-0.2, 0) is 24.4 Å². The number of likely N-dealkylation sites (tertiary alicyclic amines) is 1. The number of aromatic nitrogens is 2. The van der Waals surface area contributed by atoms with Crippen LogP contribution in [0.5, 0.6) is 0 Å². The molecule has 9 heteroatoms. The molecule has 212 valence electrons. The minimum atomic E-state index is -0.540. The molecule has 4 aromatic rings. The first-order valence-corrected chi connectivity index (χ1v) is 14.2. The zero-order chi connectivity index (χ0) is 29.1. The zero-order valence-electron chi connectivity index (χ0n) is 23.2. The molecule has 3 aromatic carbocycles. The first-order valence-electron chi connectivity index (χ1n) is 13.8. The van der Waals surface area contributed by atoms with Crippen LogP contribution in [0.15, 0.2) is 82.4 Å². The molecule has 0 aliphatic carbocycles. The van der Waals surface area contributed by atoms with E-state index in [0.717, 1.165) is 16.6 Å². The quantitative estimate of drug-likeness (QED) is 0.357. The third kappa shape index (κ3) is 6.28. The number of para-hydroxylation sites is 1. The molecular formula is C32H33ClN4O4. The summed E-state index contributed by atoms with van der Waals surface area (Å²) in [7, 11) is 0. The lowest BCUT2D eigenvalue weighted by Gasteiger charge is -2.35. The third-order valence-electron chi connectivity index (χ3n) is 7.60. The van der Waals surface area contributed by atoms with Crippen LogP contribution in [0.3, 0.4) is 0 Å². The standard InChI is InChI=1S/C32H33ClN4O4/c1-21-15-22(2)18-35(17-21)29(38)20-36-28-10-6-4-8-26(28)31(40)37(32(36)41)19-23-11-13-24(14-12-23)30(39)34-16-25-7-3-5-9-27(25)33/h3-14,21-22H,15-20H2,1-2H3,(H,34,39)/t21-,22-/m0/s1. The lowest BCUT2D eigenvalue weighted by Crippen LogP contribution is -2.47. The number of carbonyl (C=O) groups is 2. The highest BCUT2D eigenvalue weighted by molar-refractivity contribution is 6.31. The van der Waals surface area contributed by atoms with E-state index in [0.29, 0.717) is 58.5 Å². The topological polar surface area (TPSA) is 93.4 Å². The van der Waals surface area contributed by atoms with Gasteiger partial charge < -0.3 is 10.2 Å². The van der Waals surface area contributed by atoms with Gasteiger partial charge in [-0.2, -0.15) is 0 Å². The molecule has 0 bridgehead atoms. The minimum Gasteiger partial charge on any atom is -0.348 e. The maximum atomic E-state index is 13.7. The van der Waals surface area contributed by atoms with Crippen LogP contribution in [0.1, 0.15) is 41.8 Å². The number of hydrogen-bond acceptors (Lipinski definition) is 4. The summed E-state index contributed by atoms with van der Waals surface area (Å²) in [6.45, 7) is 5.75. The largest absolute Gasteiger partial charge is 0.348 e. The molecule has 0 spiro atoms. The van der Waals surface area contributed by atoms with E-state index in [2.05, 4.69) is 19.2 Å². The number of halogens is 1. The molecule has 1 aliphatic rings. The molecule has 1 aromatic heterocycles. The van der Waals surface area contributed by atoms with Gasteiger partial charge in [-0.1, -0.05) is 67.9 Å². The highest BCUT2D eigenvalue weighted by Gasteiger charge is 2.26. The fourth-order valence-electron chi connectivity index (χ4n) is 5.63. The number of nitrogens with one attached hydrogen (secondary N) is 1. The van der Waals surface area contributed by atoms with Crippen molar-refractivity contribution in [2.45, 2.75) is 39.9 Å². The number of amides is 2. The van der Waals surface area contributed by atoms with E-state index in [1.807, 2.05) is 23.1 Å². The van der Waals surface area contributed by atoms with Gasteiger partial charge in [-0.25, -0.2) is 4.79 Å². The van der Waals surface area contributed by atoms with Crippen molar-refractivity contribution in [3.63, 3.8) is 0 Å². The predicted molar refractivity (Wildman–Crippen MR) is 160 cm³/mol. The van der Waals surface area contributed by atoms with Gasteiger partial charge in [0.15, 0.2) is 0 Å². The Morgan fingerprint density at radius 2 is 1.54 bits per heavy atom. The van der Waals surface area contributed by atoms with Gasteiger partial charge in [0.25, 0.3) is 11.5 Å². The van der Waals surface area contributed by atoms with Crippen LogP contribution >= 0.6 is 11.6 Å². The van der Waals surface area contributed by atoms with E-state index >= 15 is 0 Å². The van der Waals surface area contributed by atoms with Gasteiger partial charge in [0.1, 0.15) is 6.54 Å². The van der Waals surface area contributed by atoms with Gasteiger partial charge >= 0.3 is 5.69 Å². The summed E-state index contributed by atoms with van der Waals surface area (Å²) in [5, 5.41) is 3.80. The van der Waals surface area contributed by atoms with Crippen molar-refractivity contribution < 1.29 is 9.59 Å². The molecule has 1 N–H and O–H groups in total. The van der Waals surface area contributed by atoms with Crippen molar-refractivity contribution in [1.29, 1.82) is 0 Å². The normalized spacial score (nSPS) is 17.0. The second kappa shape index (κ2) is 12.1. The van der Waals surface area contributed by atoms with Crippen molar-refractivity contribution in [3.05, 3.63) is 115 Å². The summed E-state index contributed by atoms with van der Waals surface area (Å²) in [5.41, 5.74) is 1.42. The van der Waals surface area contributed by atoms with Gasteiger partial charge in [-0.3, -0.25) is 23.5 Å². The third-order valence-corrected chi connectivity index (χ3v) is 7.97. The van der Waals surface area contributed by atoms with Gasteiger partial charge in [-0.15, -0.1) is 0 Å². The van der Waals surface area contributed by atoms with Crippen LogP contribution in [-0.4, -0.2) is 38.9 Å².